The highest BCUT2D eigenvalue weighted by Crippen LogP contribution is 2.27. The Kier molecular flexibility index (Phi) is 7.76. The first-order chi connectivity index (χ1) is 16.7. The van der Waals surface area contributed by atoms with Crippen molar-refractivity contribution in [2.45, 2.75) is 36.9 Å². The number of nitrogens with one attached hydrogen (secondary N) is 1. The van der Waals surface area contributed by atoms with Gasteiger partial charge < -0.3 is 10.2 Å². The average molecular weight is 516 g/mol. The molecule has 1 amide bonds. The summed E-state index contributed by atoms with van der Waals surface area (Å²) in [4.78, 5) is 15.3. The molecule has 0 saturated carbocycles. The molecule has 0 bridgehead atoms. The first-order valence-corrected chi connectivity index (χ1v) is 14.0. The van der Waals surface area contributed by atoms with Crippen molar-refractivity contribution in [3.8, 4) is 0 Å². The van der Waals surface area contributed by atoms with Crippen LogP contribution in [0, 0.1) is 11.7 Å². The zero-order valence-corrected chi connectivity index (χ0v) is 21.5. The van der Waals surface area contributed by atoms with Gasteiger partial charge in [0.2, 0.25) is 5.91 Å². The molecule has 1 aliphatic rings. The fraction of sp³-hybridized carbons (Fsp3) is 0.346. The minimum Gasteiger partial charge on any atom is -0.371 e. The molecule has 2 atom stereocenters. The van der Waals surface area contributed by atoms with Gasteiger partial charge in [-0.05, 0) is 79.1 Å². The van der Waals surface area contributed by atoms with Crippen LogP contribution in [-0.2, 0) is 14.8 Å². The molecule has 1 N–H and O–H groups in total. The van der Waals surface area contributed by atoms with E-state index in [0.717, 1.165) is 34.3 Å². The summed E-state index contributed by atoms with van der Waals surface area (Å²) in [6.45, 7) is 5.81. The number of hydrogen-bond donors (Lipinski definition) is 1. The minimum atomic E-state index is -3.98. The zero-order valence-electron chi connectivity index (χ0n) is 19.9. The second-order valence-electron chi connectivity index (χ2n) is 8.99. The van der Waals surface area contributed by atoms with Gasteiger partial charge in [0.05, 0.1) is 11.7 Å². The third kappa shape index (κ3) is 6.02. The van der Waals surface area contributed by atoms with Gasteiger partial charge in [0.1, 0.15) is 16.6 Å². The minimum absolute atomic E-state index is 0.116. The van der Waals surface area contributed by atoms with Crippen molar-refractivity contribution in [2.75, 3.05) is 28.8 Å². The first kappa shape index (κ1) is 25.2. The number of benzene rings is 2. The van der Waals surface area contributed by atoms with Crippen LogP contribution >= 0.6 is 11.3 Å². The largest absolute Gasteiger partial charge is 0.371 e. The summed E-state index contributed by atoms with van der Waals surface area (Å²) < 4.78 is 41.1. The number of sulfonamides is 1. The predicted molar refractivity (Wildman–Crippen MR) is 139 cm³/mol. The Morgan fingerprint density at radius 1 is 1.17 bits per heavy atom. The molecule has 0 radical (unpaired) electrons. The Bertz CT molecular complexity index is 1230. The molecule has 2 unspecified atom stereocenters. The lowest BCUT2D eigenvalue weighted by Gasteiger charge is -2.33. The number of hydrogen-bond acceptors (Lipinski definition) is 5. The molecular weight excluding hydrogens is 485 g/mol. The standard InChI is InChI=1S/C26H30FN3O3S2/c1-19-5-3-15-29(17-19)23-11-7-21(8-12-23)20(2)28-25(31)18-30(24-13-9-22(27)10-14-24)35(32,33)26-6-4-16-34-26/h4,6-14,16,19-20H,3,5,15,17-18H2,1-2H3,(H,28,31). The van der Waals surface area contributed by atoms with Crippen LogP contribution in [0.3, 0.4) is 0 Å². The third-order valence-corrected chi connectivity index (χ3v) is 9.38. The number of thiophene rings is 1. The number of carbonyl (C=O) groups is 1. The van der Waals surface area contributed by atoms with E-state index >= 15 is 0 Å². The molecule has 186 valence electrons. The number of anilines is 2. The maximum Gasteiger partial charge on any atom is 0.274 e. The SMILES string of the molecule is CC1CCCN(c2ccc(C(C)NC(=O)CN(c3ccc(F)cc3)S(=O)(=O)c3cccs3)cc2)C1. The second kappa shape index (κ2) is 10.8. The van der Waals surface area contributed by atoms with Gasteiger partial charge in [0.25, 0.3) is 10.0 Å². The van der Waals surface area contributed by atoms with Crippen molar-refractivity contribution in [1.29, 1.82) is 0 Å². The van der Waals surface area contributed by atoms with E-state index in [9.17, 15) is 17.6 Å². The summed E-state index contributed by atoms with van der Waals surface area (Å²) in [6.07, 6.45) is 2.45. The van der Waals surface area contributed by atoms with E-state index in [-0.39, 0.29) is 15.9 Å². The van der Waals surface area contributed by atoms with Crippen LogP contribution in [0.1, 0.15) is 38.3 Å². The fourth-order valence-corrected chi connectivity index (χ4v) is 6.87. The lowest BCUT2D eigenvalue weighted by atomic mass is 9.99. The summed E-state index contributed by atoms with van der Waals surface area (Å²) in [7, 11) is -3.98. The second-order valence-corrected chi connectivity index (χ2v) is 12.0. The number of rotatable bonds is 8. The van der Waals surface area contributed by atoms with Crippen molar-refractivity contribution in [2.24, 2.45) is 5.92 Å². The maximum atomic E-state index is 13.5. The zero-order chi connectivity index (χ0) is 25.0. The highest BCUT2D eigenvalue weighted by atomic mass is 32.2. The summed E-state index contributed by atoms with van der Waals surface area (Å²) in [6, 6.07) is 16.0. The van der Waals surface area contributed by atoms with Crippen LogP contribution in [0.5, 0.6) is 0 Å². The average Bonchev–Trinajstić information content (AvgIpc) is 3.39. The van der Waals surface area contributed by atoms with Gasteiger partial charge >= 0.3 is 0 Å². The summed E-state index contributed by atoms with van der Waals surface area (Å²) in [5.74, 6) is -0.255. The fourth-order valence-electron chi connectivity index (χ4n) is 4.34. The van der Waals surface area contributed by atoms with Crippen LogP contribution in [-0.4, -0.2) is 34.0 Å². The monoisotopic (exact) mass is 515 g/mol. The molecule has 1 aliphatic heterocycles. The molecule has 2 heterocycles. The van der Waals surface area contributed by atoms with Crippen molar-refractivity contribution in [1.82, 2.24) is 5.32 Å². The molecule has 2 aromatic carbocycles. The summed E-state index contributed by atoms with van der Waals surface area (Å²) >= 11 is 1.07. The van der Waals surface area contributed by atoms with E-state index in [2.05, 4.69) is 29.3 Å². The van der Waals surface area contributed by atoms with Crippen molar-refractivity contribution in [3.05, 3.63) is 77.4 Å². The molecular formula is C26H30FN3O3S2. The lowest BCUT2D eigenvalue weighted by molar-refractivity contribution is -0.120. The predicted octanol–water partition coefficient (Wildman–Crippen LogP) is 5.20. The van der Waals surface area contributed by atoms with Gasteiger partial charge in [-0.1, -0.05) is 25.1 Å². The Hall–Kier alpha value is -2.91. The van der Waals surface area contributed by atoms with E-state index in [1.54, 1.807) is 11.4 Å². The third-order valence-electron chi connectivity index (χ3n) is 6.23. The van der Waals surface area contributed by atoms with Crippen molar-refractivity contribution >= 4 is 38.6 Å². The van der Waals surface area contributed by atoms with E-state index in [0.29, 0.717) is 5.92 Å². The van der Waals surface area contributed by atoms with E-state index < -0.39 is 28.3 Å². The highest BCUT2D eigenvalue weighted by Gasteiger charge is 2.28. The van der Waals surface area contributed by atoms with E-state index in [1.165, 1.54) is 48.9 Å². The number of halogens is 1. The Labute approximate surface area is 210 Å². The lowest BCUT2D eigenvalue weighted by Crippen LogP contribution is -2.41. The van der Waals surface area contributed by atoms with Crippen LogP contribution in [0.2, 0.25) is 0 Å². The number of nitrogens with zero attached hydrogens (tertiary/aromatic N) is 2. The van der Waals surface area contributed by atoms with Crippen LogP contribution in [0.25, 0.3) is 0 Å². The number of carbonyl (C=O) groups excluding carboxylic acids is 1. The quantitative estimate of drug-likeness (QED) is 0.448. The van der Waals surface area contributed by atoms with Crippen molar-refractivity contribution in [3.63, 3.8) is 0 Å². The van der Waals surface area contributed by atoms with Gasteiger partial charge in [-0.25, -0.2) is 12.8 Å². The molecule has 6 nitrogen and oxygen atoms in total. The number of amides is 1. The van der Waals surface area contributed by atoms with Crippen molar-refractivity contribution < 1.29 is 17.6 Å². The molecule has 35 heavy (non-hydrogen) atoms. The Morgan fingerprint density at radius 3 is 2.51 bits per heavy atom. The number of piperidine rings is 1. The summed E-state index contributed by atoms with van der Waals surface area (Å²) in [5, 5.41) is 4.56. The van der Waals surface area contributed by atoms with Gasteiger partial charge in [-0.2, -0.15) is 0 Å². The summed E-state index contributed by atoms with van der Waals surface area (Å²) in [5.41, 5.74) is 2.33. The van der Waals surface area contributed by atoms with Crippen LogP contribution in [0.15, 0.2) is 70.3 Å². The van der Waals surface area contributed by atoms with E-state index in [4.69, 9.17) is 0 Å². The van der Waals surface area contributed by atoms with Crippen LogP contribution in [0.4, 0.5) is 15.8 Å². The smallest absolute Gasteiger partial charge is 0.274 e. The molecule has 1 saturated heterocycles. The van der Waals surface area contributed by atoms with Crippen LogP contribution < -0.4 is 14.5 Å². The maximum absolute atomic E-state index is 13.5. The molecule has 9 heteroatoms. The molecule has 3 aromatic rings. The van der Waals surface area contributed by atoms with Gasteiger partial charge in [0, 0.05) is 18.8 Å². The normalized spacial score (nSPS) is 17.1. The molecule has 4 rings (SSSR count). The first-order valence-electron chi connectivity index (χ1n) is 11.7. The Morgan fingerprint density at radius 2 is 1.89 bits per heavy atom. The van der Waals surface area contributed by atoms with E-state index in [1.807, 2.05) is 19.1 Å². The molecule has 0 aliphatic carbocycles. The highest BCUT2D eigenvalue weighted by molar-refractivity contribution is 7.94. The van der Waals surface area contributed by atoms with Gasteiger partial charge in [-0.3, -0.25) is 9.10 Å². The molecule has 1 fully saturated rings. The van der Waals surface area contributed by atoms with Gasteiger partial charge in [0.15, 0.2) is 0 Å². The topological polar surface area (TPSA) is 69.7 Å². The Balaban J connectivity index is 1.47. The molecule has 0 spiro atoms. The van der Waals surface area contributed by atoms with Gasteiger partial charge in [-0.15, -0.1) is 11.3 Å². The molecule has 1 aromatic heterocycles.